The Morgan fingerprint density at radius 2 is 1.83 bits per heavy atom. The van der Waals surface area contributed by atoms with Crippen molar-refractivity contribution in [3.05, 3.63) is 30.0 Å². The minimum atomic E-state index is -2.77. The molecule has 3 aliphatic carbocycles. The Balaban J connectivity index is 1.26. The molecule has 0 radical (unpaired) electrons. The Labute approximate surface area is 235 Å². The first-order valence-electron chi connectivity index (χ1n) is 13.9. The molecule has 41 heavy (non-hydrogen) atoms. The number of carbonyl (C=O) groups is 1. The summed E-state index contributed by atoms with van der Waals surface area (Å²) in [6, 6.07) is 3.64. The monoisotopic (exact) mass is 578 g/mol. The number of benzene rings is 1. The van der Waals surface area contributed by atoms with E-state index in [2.05, 4.69) is 15.6 Å². The lowest BCUT2D eigenvalue weighted by Gasteiger charge is -2.32. The first kappa shape index (κ1) is 27.8. The van der Waals surface area contributed by atoms with Gasteiger partial charge in [-0.2, -0.15) is 4.98 Å². The van der Waals surface area contributed by atoms with Gasteiger partial charge >= 0.3 is 0 Å². The van der Waals surface area contributed by atoms with Gasteiger partial charge in [-0.1, -0.05) is 0 Å². The van der Waals surface area contributed by atoms with Gasteiger partial charge in [0.15, 0.2) is 5.82 Å². The van der Waals surface area contributed by atoms with E-state index in [1.54, 1.807) is 30.3 Å². The van der Waals surface area contributed by atoms with Gasteiger partial charge in [-0.15, -0.1) is 0 Å². The Morgan fingerprint density at radius 3 is 2.46 bits per heavy atom. The third-order valence-electron chi connectivity index (χ3n) is 8.96. The largest absolute Gasteiger partial charge is 0.495 e. The van der Waals surface area contributed by atoms with Gasteiger partial charge in [0.1, 0.15) is 17.7 Å². The Kier molecular flexibility index (Phi) is 6.70. The highest BCUT2D eigenvalue weighted by atomic mass is 19.3. The number of nitrogens with one attached hydrogen (secondary N) is 2. The zero-order chi connectivity index (χ0) is 29.2. The molecule has 222 valence electrons. The fraction of sp³-hybridized carbons (Fsp3) is 0.607. The van der Waals surface area contributed by atoms with Crippen molar-refractivity contribution in [2.75, 3.05) is 35.8 Å². The van der Waals surface area contributed by atoms with Gasteiger partial charge in [0.05, 0.1) is 19.0 Å². The molecule has 1 spiro atoms. The van der Waals surface area contributed by atoms with Crippen LogP contribution in [0, 0.1) is 5.41 Å². The molecule has 9 nitrogen and oxygen atoms in total. The standard InChI is InChI=1S/C28H34F4N6O3/c1-37-20-14-33-25(36-22(20)38(15-26(9-10-26)24(37)40)18-6-8-28(31,32)13-18)35-19-4-3-16(11-21(19)41-2)23(39)34-17-5-7-27(29,30)12-17/h3-4,11,14,17-18,24,40H,5-10,12-13,15H2,1-2H3,(H,34,39)(H,33,35,36). The van der Waals surface area contributed by atoms with E-state index in [1.165, 1.54) is 13.2 Å². The SMILES string of the molecule is COc1cc(C(=O)NC2CCC(F)(F)C2)ccc1Nc1ncc2c(n1)N(C1CCC(F)(F)C1)CC1(CC1)C(O)N2C. The third kappa shape index (κ3) is 5.35. The number of carbonyl (C=O) groups excluding carboxylic acids is 1. The van der Waals surface area contributed by atoms with Gasteiger partial charge in [0.2, 0.25) is 17.8 Å². The number of aliphatic hydroxyl groups is 1. The van der Waals surface area contributed by atoms with Gasteiger partial charge in [0, 0.05) is 62.3 Å². The van der Waals surface area contributed by atoms with Crippen molar-refractivity contribution in [3.63, 3.8) is 0 Å². The molecular weight excluding hydrogens is 544 g/mol. The molecule has 1 amide bonds. The second kappa shape index (κ2) is 9.88. The Morgan fingerprint density at radius 1 is 1.10 bits per heavy atom. The summed E-state index contributed by atoms with van der Waals surface area (Å²) in [5, 5.41) is 16.9. The van der Waals surface area contributed by atoms with E-state index in [-0.39, 0.29) is 43.6 Å². The first-order chi connectivity index (χ1) is 19.4. The number of ether oxygens (including phenoxy) is 1. The van der Waals surface area contributed by atoms with E-state index in [9.17, 15) is 27.5 Å². The maximum absolute atomic E-state index is 14.3. The average Bonchev–Trinajstić information content (AvgIpc) is 3.53. The van der Waals surface area contributed by atoms with E-state index in [0.717, 1.165) is 12.8 Å². The smallest absolute Gasteiger partial charge is 0.251 e. The van der Waals surface area contributed by atoms with E-state index >= 15 is 0 Å². The molecule has 2 heterocycles. The predicted molar refractivity (Wildman–Crippen MR) is 144 cm³/mol. The van der Waals surface area contributed by atoms with Crippen molar-refractivity contribution in [2.24, 2.45) is 5.41 Å². The molecule has 3 unspecified atom stereocenters. The highest BCUT2D eigenvalue weighted by molar-refractivity contribution is 5.95. The van der Waals surface area contributed by atoms with E-state index in [4.69, 9.17) is 9.72 Å². The van der Waals surface area contributed by atoms with Crippen LogP contribution in [0.5, 0.6) is 5.75 Å². The number of hydrogen-bond acceptors (Lipinski definition) is 8. The van der Waals surface area contributed by atoms with Crippen LogP contribution in [0.4, 0.5) is 40.7 Å². The normalized spacial score (nSPS) is 27.3. The second-order valence-electron chi connectivity index (χ2n) is 11.9. The molecule has 3 saturated carbocycles. The van der Waals surface area contributed by atoms with Crippen molar-refractivity contribution in [1.29, 1.82) is 0 Å². The van der Waals surface area contributed by atoms with E-state index in [1.807, 2.05) is 4.90 Å². The van der Waals surface area contributed by atoms with Crippen LogP contribution in [-0.2, 0) is 0 Å². The van der Waals surface area contributed by atoms with Crippen LogP contribution >= 0.6 is 0 Å². The van der Waals surface area contributed by atoms with Gasteiger partial charge in [0.25, 0.3) is 5.91 Å². The van der Waals surface area contributed by atoms with Crippen LogP contribution in [0.3, 0.4) is 0 Å². The summed E-state index contributed by atoms with van der Waals surface area (Å²) in [5.41, 5.74) is 0.855. The molecule has 6 rings (SSSR count). The lowest BCUT2D eigenvalue weighted by atomic mass is 10.0. The van der Waals surface area contributed by atoms with Gasteiger partial charge in [-0.3, -0.25) is 4.79 Å². The maximum Gasteiger partial charge on any atom is 0.251 e. The van der Waals surface area contributed by atoms with Crippen LogP contribution < -0.4 is 25.2 Å². The number of fused-ring (bicyclic) bond motifs is 1. The molecule has 1 aromatic heterocycles. The number of methoxy groups -OCH3 is 1. The summed E-state index contributed by atoms with van der Waals surface area (Å²) in [6.07, 6.45) is 1.83. The number of hydrogen-bond donors (Lipinski definition) is 3. The summed E-state index contributed by atoms with van der Waals surface area (Å²) < 4.78 is 61.1. The molecular formula is C28H34F4N6O3. The molecule has 3 fully saturated rings. The number of anilines is 4. The van der Waals surface area contributed by atoms with Crippen LogP contribution in [0.25, 0.3) is 0 Å². The molecule has 13 heteroatoms. The summed E-state index contributed by atoms with van der Waals surface area (Å²) in [6.45, 7) is 0.419. The summed E-state index contributed by atoms with van der Waals surface area (Å²) in [5.74, 6) is -5.01. The molecule has 4 aliphatic rings. The van der Waals surface area contributed by atoms with Crippen molar-refractivity contribution < 1.29 is 32.2 Å². The second-order valence-corrected chi connectivity index (χ2v) is 11.9. The number of alkyl halides is 4. The van der Waals surface area contributed by atoms with Gasteiger partial charge in [-0.25, -0.2) is 22.5 Å². The molecule has 0 bridgehead atoms. The summed E-state index contributed by atoms with van der Waals surface area (Å²) in [7, 11) is 3.19. The van der Waals surface area contributed by atoms with E-state index in [0.29, 0.717) is 35.9 Å². The van der Waals surface area contributed by atoms with Crippen molar-refractivity contribution in [3.8, 4) is 5.75 Å². The molecule has 2 aromatic rings. The Hall–Kier alpha value is -3.35. The quantitative estimate of drug-likeness (QED) is 0.425. The molecule has 3 atom stereocenters. The number of rotatable bonds is 6. The van der Waals surface area contributed by atoms with Crippen LogP contribution in [0.15, 0.2) is 24.4 Å². The number of amides is 1. The number of aliphatic hydroxyl groups excluding tert-OH is 1. The lowest BCUT2D eigenvalue weighted by molar-refractivity contribution is 0.00649. The zero-order valence-corrected chi connectivity index (χ0v) is 23.0. The summed E-state index contributed by atoms with van der Waals surface area (Å²) in [4.78, 5) is 25.5. The minimum Gasteiger partial charge on any atom is -0.495 e. The topological polar surface area (TPSA) is 103 Å². The molecule has 1 aliphatic heterocycles. The minimum absolute atomic E-state index is 0.189. The first-order valence-corrected chi connectivity index (χ1v) is 13.9. The average molecular weight is 579 g/mol. The maximum atomic E-state index is 14.3. The summed E-state index contributed by atoms with van der Waals surface area (Å²) >= 11 is 0. The van der Waals surface area contributed by atoms with Crippen LogP contribution in [0.1, 0.15) is 61.7 Å². The molecule has 1 aromatic carbocycles. The van der Waals surface area contributed by atoms with Crippen LogP contribution in [-0.4, -0.2) is 71.8 Å². The predicted octanol–water partition coefficient (Wildman–Crippen LogP) is 4.69. The fourth-order valence-corrected chi connectivity index (χ4v) is 6.39. The molecule has 0 saturated heterocycles. The lowest BCUT2D eigenvalue weighted by Crippen LogP contribution is -2.44. The highest BCUT2D eigenvalue weighted by Crippen LogP contribution is 2.55. The Bertz CT molecular complexity index is 1340. The van der Waals surface area contributed by atoms with Crippen molar-refractivity contribution >= 4 is 29.0 Å². The number of aromatic nitrogens is 2. The fourth-order valence-electron chi connectivity index (χ4n) is 6.39. The van der Waals surface area contributed by atoms with Gasteiger partial charge < -0.3 is 30.3 Å². The third-order valence-corrected chi connectivity index (χ3v) is 8.96. The van der Waals surface area contributed by atoms with E-state index < -0.39 is 41.5 Å². The number of halogens is 4. The van der Waals surface area contributed by atoms with Crippen LogP contribution in [0.2, 0.25) is 0 Å². The zero-order valence-electron chi connectivity index (χ0n) is 23.0. The van der Waals surface area contributed by atoms with Gasteiger partial charge in [-0.05, 0) is 43.9 Å². The van der Waals surface area contributed by atoms with Crippen molar-refractivity contribution in [1.82, 2.24) is 15.3 Å². The van der Waals surface area contributed by atoms with Crippen molar-refractivity contribution in [2.45, 2.75) is 81.5 Å². The molecule has 3 N–H and O–H groups in total. The highest BCUT2D eigenvalue weighted by Gasteiger charge is 2.56. The number of nitrogens with zero attached hydrogens (tertiary/aromatic N) is 4.